The lowest BCUT2D eigenvalue weighted by atomic mass is 10.1. The van der Waals surface area contributed by atoms with E-state index in [9.17, 15) is 13.2 Å². The molecule has 0 aliphatic rings. The SMILES string of the molecule is Cc1nnc(S)n1N=Cc1ccc(C(F)(F)F)cc1. The van der Waals surface area contributed by atoms with E-state index in [0.717, 1.165) is 12.1 Å². The first-order valence-electron chi connectivity index (χ1n) is 5.20. The Bertz CT molecular complexity index is 582. The summed E-state index contributed by atoms with van der Waals surface area (Å²) in [6.45, 7) is 1.69. The summed E-state index contributed by atoms with van der Waals surface area (Å²) in [5.41, 5.74) is -0.158. The van der Waals surface area contributed by atoms with Gasteiger partial charge in [-0.25, -0.2) is 0 Å². The van der Waals surface area contributed by atoms with E-state index in [0.29, 0.717) is 16.5 Å². The van der Waals surface area contributed by atoms with Gasteiger partial charge in [-0.15, -0.1) is 22.8 Å². The van der Waals surface area contributed by atoms with Gasteiger partial charge in [-0.3, -0.25) is 0 Å². The Hall–Kier alpha value is -1.83. The van der Waals surface area contributed by atoms with Crippen LogP contribution in [0.3, 0.4) is 0 Å². The summed E-state index contributed by atoms with van der Waals surface area (Å²) in [7, 11) is 0. The zero-order valence-electron chi connectivity index (χ0n) is 9.76. The summed E-state index contributed by atoms with van der Waals surface area (Å²) in [5, 5.41) is 11.8. The third-order valence-electron chi connectivity index (χ3n) is 2.34. The molecule has 0 radical (unpaired) electrons. The van der Waals surface area contributed by atoms with Gasteiger partial charge in [0.15, 0.2) is 5.82 Å². The molecule has 0 fully saturated rings. The fraction of sp³-hybridized carbons (Fsp3) is 0.182. The van der Waals surface area contributed by atoms with Crippen molar-refractivity contribution in [3.8, 4) is 0 Å². The number of thiol groups is 1. The first-order valence-corrected chi connectivity index (χ1v) is 5.65. The van der Waals surface area contributed by atoms with Crippen LogP contribution in [-0.2, 0) is 6.18 Å². The average molecular weight is 286 g/mol. The Balaban J connectivity index is 2.21. The predicted octanol–water partition coefficient (Wildman–Crippen LogP) is 2.78. The van der Waals surface area contributed by atoms with E-state index in [1.54, 1.807) is 6.92 Å². The molecule has 100 valence electrons. The molecule has 0 aliphatic heterocycles. The third kappa shape index (κ3) is 3.14. The molecule has 19 heavy (non-hydrogen) atoms. The second kappa shape index (κ2) is 5.04. The summed E-state index contributed by atoms with van der Waals surface area (Å²) < 4.78 is 38.5. The molecule has 0 bridgehead atoms. The van der Waals surface area contributed by atoms with Crippen LogP contribution in [0, 0.1) is 6.92 Å². The topological polar surface area (TPSA) is 43.1 Å². The number of hydrogen-bond donors (Lipinski definition) is 1. The molecular weight excluding hydrogens is 277 g/mol. The van der Waals surface area contributed by atoms with Crippen LogP contribution >= 0.6 is 12.6 Å². The van der Waals surface area contributed by atoms with Gasteiger partial charge >= 0.3 is 6.18 Å². The lowest BCUT2D eigenvalue weighted by molar-refractivity contribution is -0.137. The highest BCUT2D eigenvalue weighted by Crippen LogP contribution is 2.28. The average Bonchev–Trinajstić information content (AvgIpc) is 2.66. The monoisotopic (exact) mass is 286 g/mol. The van der Waals surface area contributed by atoms with E-state index in [1.807, 2.05) is 0 Å². The lowest BCUT2D eigenvalue weighted by Crippen LogP contribution is -2.04. The van der Waals surface area contributed by atoms with Gasteiger partial charge in [0.1, 0.15) is 0 Å². The quantitative estimate of drug-likeness (QED) is 0.681. The van der Waals surface area contributed by atoms with Crippen molar-refractivity contribution in [1.29, 1.82) is 0 Å². The number of benzene rings is 1. The number of halogens is 3. The van der Waals surface area contributed by atoms with E-state index < -0.39 is 11.7 Å². The fourth-order valence-corrected chi connectivity index (χ4v) is 1.61. The fourth-order valence-electron chi connectivity index (χ4n) is 1.36. The van der Waals surface area contributed by atoms with Crippen LogP contribution in [0.1, 0.15) is 17.0 Å². The molecule has 0 saturated carbocycles. The molecule has 1 aromatic heterocycles. The van der Waals surface area contributed by atoms with Gasteiger partial charge in [0, 0.05) is 0 Å². The molecule has 1 aromatic carbocycles. The van der Waals surface area contributed by atoms with Crippen LogP contribution in [0.15, 0.2) is 34.5 Å². The normalized spacial score (nSPS) is 12.3. The molecule has 0 unspecified atom stereocenters. The number of aryl methyl sites for hydroxylation is 1. The second-order valence-corrected chi connectivity index (χ2v) is 4.12. The zero-order chi connectivity index (χ0) is 14.0. The minimum absolute atomic E-state index is 0.306. The Morgan fingerprint density at radius 2 is 1.84 bits per heavy atom. The van der Waals surface area contributed by atoms with Crippen molar-refractivity contribution >= 4 is 18.8 Å². The summed E-state index contributed by atoms with van der Waals surface area (Å²) in [6.07, 6.45) is -2.92. The van der Waals surface area contributed by atoms with E-state index in [1.165, 1.54) is 23.0 Å². The van der Waals surface area contributed by atoms with Gasteiger partial charge < -0.3 is 0 Å². The molecule has 0 saturated heterocycles. The molecule has 0 spiro atoms. The zero-order valence-corrected chi connectivity index (χ0v) is 10.7. The van der Waals surface area contributed by atoms with Crippen molar-refractivity contribution in [1.82, 2.24) is 14.9 Å². The van der Waals surface area contributed by atoms with Crippen LogP contribution in [0.4, 0.5) is 13.2 Å². The van der Waals surface area contributed by atoms with Crippen molar-refractivity contribution in [2.45, 2.75) is 18.3 Å². The van der Waals surface area contributed by atoms with Crippen molar-refractivity contribution in [2.24, 2.45) is 5.10 Å². The predicted molar refractivity (Wildman–Crippen MR) is 66.4 cm³/mol. The highest BCUT2D eigenvalue weighted by atomic mass is 32.1. The van der Waals surface area contributed by atoms with E-state index >= 15 is 0 Å². The van der Waals surface area contributed by atoms with Gasteiger partial charge in [-0.2, -0.15) is 22.9 Å². The molecule has 8 heteroatoms. The molecule has 0 aliphatic carbocycles. The van der Waals surface area contributed by atoms with Crippen LogP contribution in [0.5, 0.6) is 0 Å². The molecule has 2 aromatic rings. The lowest BCUT2D eigenvalue weighted by Gasteiger charge is -2.05. The van der Waals surface area contributed by atoms with E-state index in [2.05, 4.69) is 27.9 Å². The minimum Gasteiger partial charge on any atom is -0.192 e. The van der Waals surface area contributed by atoms with Crippen molar-refractivity contribution < 1.29 is 13.2 Å². The second-order valence-electron chi connectivity index (χ2n) is 3.72. The Kier molecular flexibility index (Phi) is 3.61. The number of nitrogens with zero attached hydrogens (tertiary/aromatic N) is 4. The molecule has 0 amide bonds. The van der Waals surface area contributed by atoms with Crippen LogP contribution in [0.2, 0.25) is 0 Å². The van der Waals surface area contributed by atoms with Gasteiger partial charge in [0.25, 0.3) is 0 Å². The van der Waals surface area contributed by atoms with Gasteiger partial charge in [0.05, 0.1) is 11.8 Å². The first-order chi connectivity index (χ1) is 8.88. The molecule has 4 nitrogen and oxygen atoms in total. The van der Waals surface area contributed by atoms with Crippen molar-refractivity contribution in [2.75, 3.05) is 0 Å². The Morgan fingerprint density at radius 1 is 1.21 bits per heavy atom. The summed E-state index contributed by atoms with van der Waals surface area (Å²) >= 11 is 4.05. The van der Waals surface area contributed by atoms with Gasteiger partial charge in [-0.1, -0.05) is 12.1 Å². The maximum atomic E-state index is 12.4. The number of alkyl halides is 3. The smallest absolute Gasteiger partial charge is 0.192 e. The number of aromatic nitrogens is 3. The van der Waals surface area contributed by atoms with Gasteiger partial charge in [-0.05, 0) is 24.6 Å². The van der Waals surface area contributed by atoms with E-state index in [-0.39, 0.29) is 0 Å². The van der Waals surface area contributed by atoms with E-state index in [4.69, 9.17) is 0 Å². The maximum absolute atomic E-state index is 12.4. The highest BCUT2D eigenvalue weighted by molar-refractivity contribution is 7.80. The molecule has 0 N–H and O–H groups in total. The van der Waals surface area contributed by atoms with Crippen molar-refractivity contribution in [3.63, 3.8) is 0 Å². The summed E-state index contributed by atoms with van der Waals surface area (Å²) in [4.78, 5) is 0. The van der Waals surface area contributed by atoms with Gasteiger partial charge in [0.2, 0.25) is 5.16 Å². The molecule has 1 heterocycles. The van der Waals surface area contributed by atoms with Crippen LogP contribution in [0.25, 0.3) is 0 Å². The summed E-state index contributed by atoms with van der Waals surface area (Å²) in [5.74, 6) is 0.535. The number of hydrogen-bond acceptors (Lipinski definition) is 4. The Labute approximate surface area is 112 Å². The Morgan fingerprint density at radius 3 is 2.32 bits per heavy atom. The number of rotatable bonds is 2. The highest BCUT2D eigenvalue weighted by Gasteiger charge is 2.29. The summed E-state index contributed by atoms with van der Waals surface area (Å²) in [6, 6.07) is 4.68. The standard InChI is InChI=1S/C11H9F3N4S/c1-7-16-17-10(19)18(7)15-6-8-2-4-9(5-3-8)11(12,13)14/h2-6H,1H3,(H,17,19). The first kappa shape index (κ1) is 13.6. The maximum Gasteiger partial charge on any atom is 0.416 e. The van der Waals surface area contributed by atoms with Crippen LogP contribution in [-0.4, -0.2) is 21.1 Å². The van der Waals surface area contributed by atoms with Crippen LogP contribution < -0.4 is 0 Å². The third-order valence-corrected chi connectivity index (χ3v) is 2.62. The largest absolute Gasteiger partial charge is 0.416 e. The minimum atomic E-state index is -4.33. The van der Waals surface area contributed by atoms with Crippen molar-refractivity contribution in [3.05, 3.63) is 41.2 Å². The molecule has 2 rings (SSSR count). The molecular formula is C11H9F3N4S. The molecule has 0 atom stereocenters.